The number of rotatable bonds is 7. The smallest absolute Gasteiger partial charge is 0.327 e. The largest absolute Gasteiger partial charge is 0.481 e. The van der Waals surface area contributed by atoms with Gasteiger partial charge in [-0.3, -0.25) is 4.79 Å². The maximum absolute atomic E-state index is 10.7. The fraction of sp³-hybridized carbons (Fsp3) is 0.600. The van der Waals surface area contributed by atoms with Crippen LogP contribution in [0.25, 0.3) is 0 Å². The number of hydrogen-bond donors (Lipinski definition) is 2. The van der Waals surface area contributed by atoms with Crippen molar-refractivity contribution < 1.29 is 19.8 Å². The van der Waals surface area contributed by atoms with E-state index in [1.807, 2.05) is 0 Å². The van der Waals surface area contributed by atoms with Gasteiger partial charge < -0.3 is 10.2 Å². The summed E-state index contributed by atoms with van der Waals surface area (Å²) in [6, 6.07) is 0. The lowest BCUT2D eigenvalue weighted by Gasteiger charge is -2.17. The number of carboxylic acids is 2. The Morgan fingerprint density at radius 1 is 1.16 bits per heavy atom. The third-order valence-electron chi connectivity index (χ3n) is 2.47. The third kappa shape index (κ3) is 16.4. The monoisotopic (exact) mass is 270 g/mol. The molecule has 0 spiro atoms. The molecule has 0 rings (SSSR count). The molecule has 0 aromatic heterocycles. The van der Waals surface area contributed by atoms with Crippen LogP contribution in [0.1, 0.15) is 46.5 Å². The SMILES string of the molecule is C=CC(=O)O.C=CC(CCCCC(C)(C)C)C(=O)O. The molecule has 0 aromatic carbocycles. The van der Waals surface area contributed by atoms with Gasteiger partial charge in [0.2, 0.25) is 0 Å². The fourth-order valence-corrected chi connectivity index (χ4v) is 1.36. The highest BCUT2D eigenvalue weighted by molar-refractivity contribution is 5.78. The lowest BCUT2D eigenvalue weighted by Crippen LogP contribution is -2.11. The summed E-state index contributed by atoms with van der Waals surface area (Å²) in [7, 11) is 0. The van der Waals surface area contributed by atoms with Gasteiger partial charge in [-0.25, -0.2) is 4.79 Å². The molecule has 2 N–H and O–H groups in total. The molecule has 0 amide bonds. The van der Waals surface area contributed by atoms with Crippen molar-refractivity contribution in [3.8, 4) is 0 Å². The van der Waals surface area contributed by atoms with Crippen LogP contribution >= 0.6 is 0 Å². The Labute approximate surface area is 115 Å². The van der Waals surface area contributed by atoms with Crippen molar-refractivity contribution in [3.05, 3.63) is 25.3 Å². The predicted molar refractivity (Wildman–Crippen MR) is 77.1 cm³/mol. The summed E-state index contributed by atoms with van der Waals surface area (Å²) in [4.78, 5) is 19.9. The second kappa shape index (κ2) is 10.4. The van der Waals surface area contributed by atoms with Crippen LogP contribution < -0.4 is 0 Å². The highest BCUT2D eigenvalue weighted by Crippen LogP contribution is 2.23. The number of aliphatic carboxylic acids is 2. The number of hydrogen-bond acceptors (Lipinski definition) is 2. The van der Waals surface area contributed by atoms with E-state index in [0.29, 0.717) is 5.41 Å². The predicted octanol–water partition coefficient (Wildman–Crippen LogP) is 3.74. The highest BCUT2D eigenvalue weighted by atomic mass is 16.4. The fourth-order valence-electron chi connectivity index (χ4n) is 1.36. The van der Waals surface area contributed by atoms with E-state index >= 15 is 0 Å². The maximum atomic E-state index is 10.7. The molecule has 0 heterocycles. The zero-order valence-electron chi connectivity index (χ0n) is 12.2. The quantitative estimate of drug-likeness (QED) is 0.420. The molecule has 0 bridgehead atoms. The van der Waals surface area contributed by atoms with Gasteiger partial charge >= 0.3 is 11.9 Å². The Morgan fingerprint density at radius 2 is 1.63 bits per heavy atom. The second-order valence-electron chi connectivity index (χ2n) is 5.53. The van der Waals surface area contributed by atoms with Gasteiger partial charge in [0, 0.05) is 6.08 Å². The van der Waals surface area contributed by atoms with Gasteiger partial charge in [-0.15, -0.1) is 6.58 Å². The van der Waals surface area contributed by atoms with Crippen molar-refractivity contribution in [3.63, 3.8) is 0 Å². The van der Waals surface area contributed by atoms with Crippen LogP contribution in [-0.4, -0.2) is 22.2 Å². The molecule has 4 heteroatoms. The van der Waals surface area contributed by atoms with E-state index in [1.54, 1.807) is 0 Å². The number of carbonyl (C=O) groups is 2. The average Bonchev–Trinajstić information content (AvgIpc) is 2.27. The summed E-state index contributed by atoms with van der Waals surface area (Å²) >= 11 is 0. The summed E-state index contributed by atoms with van der Waals surface area (Å²) in [5.41, 5.74) is 0.354. The molecule has 0 aromatic rings. The van der Waals surface area contributed by atoms with Gasteiger partial charge in [-0.1, -0.05) is 46.3 Å². The first-order chi connectivity index (χ1) is 8.64. The van der Waals surface area contributed by atoms with Crippen molar-refractivity contribution >= 4 is 11.9 Å². The summed E-state index contributed by atoms with van der Waals surface area (Å²) in [6.07, 6.45) is 6.30. The zero-order valence-corrected chi connectivity index (χ0v) is 12.2. The molecule has 0 aliphatic rings. The van der Waals surface area contributed by atoms with Crippen molar-refractivity contribution in [1.82, 2.24) is 0 Å². The standard InChI is InChI=1S/C12H22O2.C3H4O2/c1-5-10(11(13)14)8-6-7-9-12(2,3)4;1-2-3(4)5/h5,10H,1,6-9H2,2-4H3,(H,13,14);2H,1H2,(H,4,5). The van der Waals surface area contributed by atoms with E-state index in [0.717, 1.165) is 31.8 Å². The highest BCUT2D eigenvalue weighted by Gasteiger charge is 2.14. The molecular weight excluding hydrogens is 244 g/mol. The van der Waals surface area contributed by atoms with Gasteiger partial charge in [-0.2, -0.15) is 0 Å². The molecular formula is C15H26O4. The van der Waals surface area contributed by atoms with Crippen molar-refractivity contribution in [2.24, 2.45) is 11.3 Å². The first-order valence-corrected chi connectivity index (χ1v) is 6.34. The van der Waals surface area contributed by atoms with Gasteiger partial charge in [0.1, 0.15) is 0 Å². The average molecular weight is 270 g/mol. The first-order valence-electron chi connectivity index (χ1n) is 6.34. The lowest BCUT2D eigenvalue weighted by atomic mass is 9.88. The van der Waals surface area contributed by atoms with Crippen molar-refractivity contribution in [2.45, 2.75) is 46.5 Å². The Bertz CT molecular complexity index is 300. The Balaban J connectivity index is 0. The van der Waals surface area contributed by atoms with Crippen LogP contribution in [0.3, 0.4) is 0 Å². The van der Waals surface area contributed by atoms with Crippen LogP contribution in [-0.2, 0) is 9.59 Å². The third-order valence-corrected chi connectivity index (χ3v) is 2.47. The minimum Gasteiger partial charge on any atom is -0.481 e. The van der Waals surface area contributed by atoms with E-state index < -0.39 is 11.9 Å². The molecule has 0 saturated heterocycles. The normalized spacial score (nSPS) is 11.7. The Morgan fingerprint density at radius 3 is 1.89 bits per heavy atom. The van der Waals surface area contributed by atoms with Gasteiger partial charge in [0.15, 0.2) is 0 Å². The van der Waals surface area contributed by atoms with Gasteiger partial charge in [0.25, 0.3) is 0 Å². The first kappa shape index (κ1) is 19.8. The molecule has 0 fully saturated rings. The number of unbranched alkanes of at least 4 members (excludes halogenated alkanes) is 1. The van der Waals surface area contributed by atoms with Crippen LogP contribution in [0, 0.1) is 11.3 Å². The number of carboxylic acid groups (broad SMARTS) is 2. The minimum absolute atomic E-state index is 0.354. The molecule has 0 radical (unpaired) electrons. The second-order valence-corrected chi connectivity index (χ2v) is 5.53. The molecule has 19 heavy (non-hydrogen) atoms. The van der Waals surface area contributed by atoms with Crippen molar-refractivity contribution in [1.29, 1.82) is 0 Å². The topological polar surface area (TPSA) is 74.6 Å². The molecule has 1 atom stereocenters. The summed E-state index contributed by atoms with van der Waals surface area (Å²) in [5.74, 6) is -2.10. The van der Waals surface area contributed by atoms with E-state index in [-0.39, 0.29) is 5.92 Å². The van der Waals surface area contributed by atoms with Crippen molar-refractivity contribution in [2.75, 3.05) is 0 Å². The van der Waals surface area contributed by atoms with Crippen LogP contribution in [0.4, 0.5) is 0 Å². The van der Waals surface area contributed by atoms with Crippen LogP contribution in [0.2, 0.25) is 0 Å². The summed E-state index contributed by atoms with van der Waals surface area (Å²) < 4.78 is 0. The van der Waals surface area contributed by atoms with Gasteiger partial charge in [0.05, 0.1) is 5.92 Å². The van der Waals surface area contributed by atoms with E-state index in [2.05, 4.69) is 33.9 Å². The Hall–Kier alpha value is -1.58. The molecule has 0 saturated carbocycles. The Kier molecular flexibility index (Phi) is 10.8. The van der Waals surface area contributed by atoms with Gasteiger partial charge in [-0.05, 0) is 18.3 Å². The lowest BCUT2D eigenvalue weighted by molar-refractivity contribution is -0.140. The van der Waals surface area contributed by atoms with E-state index in [4.69, 9.17) is 10.2 Å². The summed E-state index contributed by atoms with van der Waals surface area (Å²) in [6.45, 7) is 13.1. The summed E-state index contributed by atoms with van der Waals surface area (Å²) in [5, 5.41) is 16.4. The van der Waals surface area contributed by atoms with Crippen LogP contribution in [0.15, 0.2) is 25.3 Å². The minimum atomic E-state index is -0.981. The molecule has 0 aliphatic carbocycles. The maximum Gasteiger partial charge on any atom is 0.327 e. The molecule has 0 aliphatic heterocycles. The molecule has 110 valence electrons. The van der Waals surface area contributed by atoms with E-state index in [1.165, 1.54) is 6.08 Å². The molecule has 1 unspecified atom stereocenters. The van der Waals surface area contributed by atoms with Crippen LogP contribution in [0.5, 0.6) is 0 Å². The van der Waals surface area contributed by atoms with E-state index in [9.17, 15) is 9.59 Å². The zero-order chi connectivity index (χ0) is 15.5. The molecule has 4 nitrogen and oxygen atoms in total.